The number of halogens is 2. The molecule has 1 N–H and O–H groups in total. The summed E-state index contributed by atoms with van der Waals surface area (Å²) in [6, 6.07) is 9.51. The van der Waals surface area contributed by atoms with E-state index in [1.165, 1.54) is 0 Å². The Bertz CT molecular complexity index is 884. The van der Waals surface area contributed by atoms with E-state index < -0.39 is 0 Å². The standard InChI is InChI=1S/C19H23ClN4O.ClH/c1-4-24(5-2)11-10-21-18-14-7-6-13(20)12-16(14)22-15-8-9-17(25-3)23-19(15)18;/h6-9,12H,4-5,10-11H2,1-3H3,(H,21,22);1H. The number of benzene rings is 1. The molecule has 0 aliphatic carbocycles. The fraction of sp³-hybridized carbons (Fsp3) is 0.368. The Hall–Kier alpha value is -1.82. The van der Waals surface area contributed by atoms with Gasteiger partial charge < -0.3 is 15.0 Å². The summed E-state index contributed by atoms with van der Waals surface area (Å²) in [5.74, 6) is 0.578. The quantitative estimate of drug-likeness (QED) is 0.592. The summed E-state index contributed by atoms with van der Waals surface area (Å²) >= 11 is 6.15. The predicted octanol–water partition coefficient (Wildman–Crippen LogP) is 4.62. The van der Waals surface area contributed by atoms with Crippen LogP contribution >= 0.6 is 24.0 Å². The van der Waals surface area contributed by atoms with E-state index in [1.807, 2.05) is 30.3 Å². The molecule has 140 valence electrons. The third-order valence-corrected chi connectivity index (χ3v) is 4.62. The zero-order chi connectivity index (χ0) is 17.8. The van der Waals surface area contributed by atoms with Crippen LogP contribution in [0.4, 0.5) is 5.69 Å². The molecule has 3 aromatic rings. The Morgan fingerprint density at radius 1 is 1.08 bits per heavy atom. The second kappa shape index (κ2) is 9.21. The molecular formula is C19H24Cl2N4O. The number of pyridine rings is 2. The van der Waals surface area contributed by atoms with E-state index in [9.17, 15) is 0 Å². The van der Waals surface area contributed by atoms with Crippen LogP contribution in [-0.2, 0) is 0 Å². The van der Waals surface area contributed by atoms with Gasteiger partial charge in [0.15, 0.2) is 0 Å². The van der Waals surface area contributed by atoms with Gasteiger partial charge in [-0.1, -0.05) is 25.4 Å². The van der Waals surface area contributed by atoms with Crippen molar-refractivity contribution in [1.29, 1.82) is 0 Å². The number of nitrogens with zero attached hydrogens (tertiary/aromatic N) is 3. The molecule has 0 amide bonds. The summed E-state index contributed by atoms with van der Waals surface area (Å²) in [6.45, 7) is 8.23. The SMILES string of the molecule is CCN(CC)CCNc1c2ccc(Cl)cc2nc2ccc(OC)nc12.Cl. The second-order valence-electron chi connectivity index (χ2n) is 5.82. The van der Waals surface area contributed by atoms with Crippen LogP contribution in [0.3, 0.4) is 0 Å². The second-order valence-corrected chi connectivity index (χ2v) is 6.26. The maximum Gasteiger partial charge on any atom is 0.213 e. The number of anilines is 1. The highest BCUT2D eigenvalue weighted by Gasteiger charge is 2.12. The van der Waals surface area contributed by atoms with Gasteiger partial charge in [-0.3, -0.25) is 0 Å². The first-order valence-corrected chi connectivity index (χ1v) is 8.94. The Balaban J connectivity index is 0.00000243. The van der Waals surface area contributed by atoms with Crippen molar-refractivity contribution in [3.8, 4) is 5.88 Å². The van der Waals surface area contributed by atoms with Gasteiger partial charge in [0.25, 0.3) is 0 Å². The van der Waals surface area contributed by atoms with Crippen LogP contribution in [0.5, 0.6) is 5.88 Å². The lowest BCUT2D eigenvalue weighted by atomic mass is 10.1. The first-order valence-electron chi connectivity index (χ1n) is 8.56. The highest BCUT2D eigenvalue weighted by molar-refractivity contribution is 6.31. The summed E-state index contributed by atoms with van der Waals surface area (Å²) in [4.78, 5) is 11.7. The van der Waals surface area contributed by atoms with Crippen LogP contribution < -0.4 is 10.1 Å². The first-order chi connectivity index (χ1) is 12.2. The van der Waals surface area contributed by atoms with Crippen molar-refractivity contribution >= 4 is 51.6 Å². The number of ether oxygens (including phenoxy) is 1. The monoisotopic (exact) mass is 394 g/mol. The summed E-state index contributed by atoms with van der Waals surface area (Å²) in [5, 5.41) is 5.24. The Kier molecular flexibility index (Phi) is 7.26. The highest BCUT2D eigenvalue weighted by atomic mass is 35.5. The number of methoxy groups -OCH3 is 1. The lowest BCUT2D eigenvalue weighted by Gasteiger charge is -2.19. The highest BCUT2D eigenvalue weighted by Crippen LogP contribution is 2.32. The van der Waals surface area contributed by atoms with Gasteiger partial charge in [0, 0.05) is 29.6 Å². The number of nitrogens with one attached hydrogen (secondary N) is 1. The molecule has 0 spiro atoms. The molecule has 0 saturated heterocycles. The van der Waals surface area contributed by atoms with Gasteiger partial charge >= 0.3 is 0 Å². The first kappa shape index (κ1) is 20.5. The molecule has 0 radical (unpaired) electrons. The predicted molar refractivity (Wildman–Crippen MR) is 112 cm³/mol. The number of likely N-dealkylation sites (N-methyl/N-ethyl adjacent to an activating group) is 1. The summed E-state index contributed by atoms with van der Waals surface area (Å²) in [5.41, 5.74) is 3.47. The molecule has 0 bridgehead atoms. The average molecular weight is 395 g/mol. The van der Waals surface area contributed by atoms with Gasteiger partial charge in [-0.05, 0) is 37.4 Å². The molecule has 0 aliphatic heterocycles. The van der Waals surface area contributed by atoms with E-state index in [1.54, 1.807) is 7.11 Å². The Morgan fingerprint density at radius 3 is 2.54 bits per heavy atom. The molecule has 3 rings (SSSR count). The van der Waals surface area contributed by atoms with E-state index in [-0.39, 0.29) is 12.4 Å². The minimum atomic E-state index is 0. The van der Waals surface area contributed by atoms with E-state index in [4.69, 9.17) is 21.3 Å². The molecule has 0 unspecified atom stereocenters. The third-order valence-electron chi connectivity index (χ3n) is 4.39. The van der Waals surface area contributed by atoms with Crippen LogP contribution in [0.15, 0.2) is 30.3 Å². The number of hydrogen-bond acceptors (Lipinski definition) is 5. The van der Waals surface area contributed by atoms with Crippen molar-refractivity contribution in [1.82, 2.24) is 14.9 Å². The summed E-state index contributed by atoms with van der Waals surface area (Å²) < 4.78 is 5.29. The minimum Gasteiger partial charge on any atom is -0.481 e. The smallest absolute Gasteiger partial charge is 0.213 e. The third kappa shape index (κ3) is 4.29. The van der Waals surface area contributed by atoms with Crippen molar-refractivity contribution in [3.63, 3.8) is 0 Å². The van der Waals surface area contributed by atoms with Crippen LogP contribution in [0.1, 0.15) is 13.8 Å². The van der Waals surface area contributed by atoms with Gasteiger partial charge in [0.2, 0.25) is 5.88 Å². The zero-order valence-electron chi connectivity index (χ0n) is 15.3. The van der Waals surface area contributed by atoms with E-state index in [2.05, 4.69) is 29.0 Å². The molecule has 7 heteroatoms. The van der Waals surface area contributed by atoms with Crippen molar-refractivity contribution < 1.29 is 4.74 Å². The summed E-state index contributed by atoms with van der Waals surface area (Å²) in [7, 11) is 1.62. The van der Waals surface area contributed by atoms with Gasteiger partial charge in [-0.15, -0.1) is 12.4 Å². The number of aromatic nitrogens is 2. The molecule has 2 heterocycles. The van der Waals surface area contributed by atoms with E-state index in [0.29, 0.717) is 10.9 Å². The topological polar surface area (TPSA) is 50.3 Å². The minimum absolute atomic E-state index is 0. The zero-order valence-corrected chi connectivity index (χ0v) is 16.8. The van der Waals surface area contributed by atoms with Crippen LogP contribution in [0.25, 0.3) is 21.9 Å². The molecule has 0 fully saturated rings. The van der Waals surface area contributed by atoms with Crippen molar-refractivity contribution in [2.75, 3.05) is 38.6 Å². The van der Waals surface area contributed by atoms with E-state index >= 15 is 0 Å². The Morgan fingerprint density at radius 2 is 1.85 bits per heavy atom. The fourth-order valence-corrected chi connectivity index (χ4v) is 3.11. The van der Waals surface area contributed by atoms with Gasteiger partial charge in [-0.2, -0.15) is 0 Å². The molecule has 26 heavy (non-hydrogen) atoms. The molecule has 5 nitrogen and oxygen atoms in total. The molecule has 2 aromatic heterocycles. The average Bonchev–Trinajstić information content (AvgIpc) is 2.64. The van der Waals surface area contributed by atoms with Crippen molar-refractivity contribution in [2.24, 2.45) is 0 Å². The number of fused-ring (bicyclic) bond motifs is 2. The summed E-state index contributed by atoms with van der Waals surface area (Å²) in [6.07, 6.45) is 0. The van der Waals surface area contributed by atoms with Gasteiger partial charge in [0.05, 0.1) is 23.8 Å². The largest absolute Gasteiger partial charge is 0.481 e. The molecule has 1 aromatic carbocycles. The lowest BCUT2D eigenvalue weighted by molar-refractivity contribution is 0.316. The number of rotatable bonds is 7. The lowest BCUT2D eigenvalue weighted by Crippen LogP contribution is -2.28. The molecular weight excluding hydrogens is 371 g/mol. The van der Waals surface area contributed by atoms with Gasteiger partial charge in [-0.25, -0.2) is 9.97 Å². The van der Waals surface area contributed by atoms with Crippen LogP contribution in [0.2, 0.25) is 5.02 Å². The fourth-order valence-electron chi connectivity index (χ4n) is 2.95. The Labute approximate surface area is 165 Å². The molecule has 0 saturated carbocycles. The van der Waals surface area contributed by atoms with E-state index in [0.717, 1.165) is 53.8 Å². The molecule has 0 aliphatic rings. The van der Waals surface area contributed by atoms with Crippen molar-refractivity contribution in [2.45, 2.75) is 13.8 Å². The normalized spacial score (nSPS) is 11.0. The number of hydrogen-bond donors (Lipinski definition) is 1. The molecule has 0 atom stereocenters. The maximum absolute atomic E-state index is 6.15. The van der Waals surface area contributed by atoms with Gasteiger partial charge in [0.1, 0.15) is 5.52 Å². The van der Waals surface area contributed by atoms with Crippen molar-refractivity contribution in [3.05, 3.63) is 35.4 Å². The van der Waals surface area contributed by atoms with Crippen LogP contribution in [-0.4, -0.2) is 48.2 Å². The maximum atomic E-state index is 6.15. The van der Waals surface area contributed by atoms with Crippen LogP contribution in [0, 0.1) is 0 Å².